The van der Waals surface area contributed by atoms with Gasteiger partial charge < -0.3 is 15.8 Å². The molecule has 1 fully saturated rings. The summed E-state index contributed by atoms with van der Waals surface area (Å²) in [5.74, 6) is 0.159. The fourth-order valence-corrected chi connectivity index (χ4v) is 2.62. The minimum absolute atomic E-state index is 0.00459. The number of benzene rings is 1. The van der Waals surface area contributed by atoms with Gasteiger partial charge in [-0.25, -0.2) is 4.98 Å². The summed E-state index contributed by atoms with van der Waals surface area (Å²) in [6.45, 7) is 0. The normalized spacial score (nSPS) is 15.5. The number of rotatable bonds is 4. The van der Waals surface area contributed by atoms with E-state index in [4.69, 9.17) is 10.5 Å². The Morgan fingerprint density at radius 2 is 1.79 bits per heavy atom. The lowest BCUT2D eigenvalue weighted by atomic mass is 10.2. The molecule has 2 aromatic rings. The second-order valence-corrected chi connectivity index (χ2v) is 5.66. The van der Waals surface area contributed by atoms with Crippen LogP contribution in [-0.4, -0.2) is 16.1 Å². The van der Waals surface area contributed by atoms with Crippen molar-refractivity contribution in [3.05, 3.63) is 36.0 Å². The molecule has 5 nitrogen and oxygen atoms in total. The Labute approximate surface area is 137 Å². The van der Waals surface area contributed by atoms with Gasteiger partial charge in [-0.3, -0.25) is 0 Å². The zero-order valence-electron chi connectivity index (χ0n) is 12.8. The quantitative estimate of drug-likeness (QED) is 0.876. The maximum absolute atomic E-state index is 12.6. The first kappa shape index (κ1) is 16.4. The Hall–Kier alpha value is -2.51. The molecule has 0 bridgehead atoms. The minimum atomic E-state index is -4.57. The lowest BCUT2D eigenvalue weighted by Crippen LogP contribution is -2.12. The average molecular weight is 338 g/mol. The molecule has 0 spiro atoms. The highest BCUT2D eigenvalue weighted by Crippen LogP contribution is 2.32. The molecular weight excluding hydrogens is 321 g/mol. The molecule has 3 rings (SSSR count). The van der Waals surface area contributed by atoms with E-state index < -0.39 is 17.6 Å². The minimum Gasteiger partial charge on any atom is -0.490 e. The topological polar surface area (TPSA) is 73.1 Å². The van der Waals surface area contributed by atoms with Crippen molar-refractivity contribution in [3.8, 4) is 5.75 Å². The molecule has 1 aliphatic carbocycles. The second kappa shape index (κ2) is 6.54. The molecule has 128 valence electrons. The molecule has 1 aromatic heterocycles. The van der Waals surface area contributed by atoms with E-state index >= 15 is 0 Å². The molecule has 1 aromatic carbocycles. The van der Waals surface area contributed by atoms with Crippen LogP contribution >= 0.6 is 0 Å². The third-order valence-corrected chi connectivity index (χ3v) is 3.84. The number of nitrogens with two attached hydrogens (primary N) is 1. The Morgan fingerprint density at radius 1 is 1.12 bits per heavy atom. The third-order valence-electron chi connectivity index (χ3n) is 3.84. The zero-order chi connectivity index (χ0) is 17.2. The van der Waals surface area contributed by atoms with E-state index in [1.807, 2.05) is 0 Å². The van der Waals surface area contributed by atoms with Crippen LogP contribution in [0.1, 0.15) is 31.2 Å². The molecule has 0 aliphatic heterocycles. The SMILES string of the molecule is Nc1nc(Nc2ccc(OC3CCCC3)cc2)ncc1C(F)(F)F. The first-order chi connectivity index (χ1) is 11.4. The van der Waals surface area contributed by atoms with Crippen molar-refractivity contribution >= 4 is 17.5 Å². The van der Waals surface area contributed by atoms with Gasteiger partial charge in [-0.15, -0.1) is 0 Å². The number of aromatic nitrogens is 2. The van der Waals surface area contributed by atoms with Gasteiger partial charge in [0.2, 0.25) is 5.95 Å². The Morgan fingerprint density at radius 3 is 2.38 bits per heavy atom. The van der Waals surface area contributed by atoms with Gasteiger partial charge in [-0.1, -0.05) is 0 Å². The molecule has 0 radical (unpaired) electrons. The van der Waals surface area contributed by atoms with Crippen molar-refractivity contribution in [1.82, 2.24) is 9.97 Å². The summed E-state index contributed by atoms with van der Waals surface area (Å²) in [5.41, 5.74) is 4.93. The van der Waals surface area contributed by atoms with Gasteiger partial charge in [0.15, 0.2) is 0 Å². The van der Waals surface area contributed by atoms with Crippen LogP contribution in [0.25, 0.3) is 0 Å². The molecule has 1 saturated carbocycles. The maximum atomic E-state index is 12.6. The Balaban J connectivity index is 1.66. The van der Waals surface area contributed by atoms with Gasteiger partial charge in [0.05, 0.1) is 6.10 Å². The van der Waals surface area contributed by atoms with E-state index in [0.717, 1.165) is 18.6 Å². The molecule has 1 heterocycles. The molecule has 24 heavy (non-hydrogen) atoms. The van der Waals surface area contributed by atoms with Crippen LogP contribution in [0.4, 0.5) is 30.6 Å². The van der Waals surface area contributed by atoms with Crippen LogP contribution in [0, 0.1) is 0 Å². The first-order valence-electron chi connectivity index (χ1n) is 7.65. The third kappa shape index (κ3) is 3.87. The van der Waals surface area contributed by atoms with Crippen molar-refractivity contribution in [2.75, 3.05) is 11.1 Å². The van der Waals surface area contributed by atoms with Gasteiger partial charge in [0, 0.05) is 11.9 Å². The highest BCUT2D eigenvalue weighted by Gasteiger charge is 2.34. The van der Waals surface area contributed by atoms with Gasteiger partial charge in [-0.05, 0) is 49.9 Å². The summed E-state index contributed by atoms with van der Waals surface area (Å²) in [4.78, 5) is 7.30. The summed E-state index contributed by atoms with van der Waals surface area (Å²) in [6.07, 6.45) is 0.886. The largest absolute Gasteiger partial charge is 0.490 e. The van der Waals surface area contributed by atoms with Gasteiger partial charge in [0.25, 0.3) is 0 Å². The van der Waals surface area contributed by atoms with Gasteiger partial charge in [-0.2, -0.15) is 18.2 Å². The van der Waals surface area contributed by atoms with Crippen LogP contribution in [0.5, 0.6) is 5.75 Å². The molecule has 1 aliphatic rings. The molecular formula is C16H17F3N4O. The number of nitrogens with zero attached hydrogens (tertiary/aromatic N) is 2. The van der Waals surface area contributed by atoms with Crippen molar-refractivity contribution < 1.29 is 17.9 Å². The summed E-state index contributed by atoms with van der Waals surface area (Å²) in [6, 6.07) is 7.10. The highest BCUT2D eigenvalue weighted by atomic mass is 19.4. The Bertz CT molecular complexity index is 697. The Kier molecular flexibility index (Phi) is 4.46. The van der Waals surface area contributed by atoms with Crippen LogP contribution < -0.4 is 15.8 Å². The summed E-state index contributed by atoms with van der Waals surface area (Å²) in [5, 5.41) is 2.82. The van der Waals surface area contributed by atoms with E-state index in [1.54, 1.807) is 24.3 Å². The molecule has 0 amide bonds. The molecule has 0 atom stereocenters. The van der Waals surface area contributed by atoms with Crippen LogP contribution in [0.2, 0.25) is 0 Å². The monoisotopic (exact) mass is 338 g/mol. The number of nitrogen functional groups attached to an aromatic ring is 1. The second-order valence-electron chi connectivity index (χ2n) is 5.66. The summed E-state index contributed by atoms with van der Waals surface area (Å²) < 4.78 is 43.7. The number of hydrogen-bond donors (Lipinski definition) is 2. The fourth-order valence-electron chi connectivity index (χ4n) is 2.62. The van der Waals surface area contributed by atoms with E-state index in [-0.39, 0.29) is 12.1 Å². The summed E-state index contributed by atoms with van der Waals surface area (Å²) >= 11 is 0. The predicted molar refractivity (Wildman–Crippen MR) is 84.1 cm³/mol. The molecule has 0 saturated heterocycles. The number of alkyl halides is 3. The number of anilines is 3. The van der Waals surface area contributed by atoms with Crippen LogP contribution in [0.3, 0.4) is 0 Å². The standard InChI is InChI=1S/C16H17F3N4O/c17-16(18,19)13-9-21-15(23-14(13)20)22-10-5-7-12(8-6-10)24-11-3-1-2-4-11/h5-9,11H,1-4H2,(H3,20,21,22,23). The van der Waals surface area contributed by atoms with Crippen LogP contribution in [0.15, 0.2) is 30.5 Å². The van der Waals surface area contributed by atoms with Gasteiger partial charge in [0.1, 0.15) is 17.1 Å². The van der Waals surface area contributed by atoms with E-state index in [1.165, 1.54) is 12.8 Å². The van der Waals surface area contributed by atoms with Crippen molar-refractivity contribution in [3.63, 3.8) is 0 Å². The van der Waals surface area contributed by atoms with Crippen molar-refractivity contribution in [2.24, 2.45) is 0 Å². The number of ether oxygens (including phenoxy) is 1. The fraction of sp³-hybridized carbons (Fsp3) is 0.375. The zero-order valence-corrected chi connectivity index (χ0v) is 12.8. The molecule has 0 unspecified atom stereocenters. The van der Waals surface area contributed by atoms with Crippen LogP contribution in [-0.2, 0) is 6.18 Å². The number of halogens is 3. The summed E-state index contributed by atoms with van der Waals surface area (Å²) in [7, 11) is 0. The maximum Gasteiger partial charge on any atom is 0.421 e. The average Bonchev–Trinajstić information content (AvgIpc) is 3.01. The highest BCUT2D eigenvalue weighted by molar-refractivity contribution is 5.56. The predicted octanol–water partition coefficient (Wildman–Crippen LogP) is 4.14. The lowest BCUT2D eigenvalue weighted by molar-refractivity contribution is -0.137. The molecule has 8 heteroatoms. The van der Waals surface area contributed by atoms with E-state index in [0.29, 0.717) is 11.9 Å². The van der Waals surface area contributed by atoms with E-state index in [2.05, 4.69) is 15.3 Å². The van der Waals surface area contributed by atoms with Crippen molar-refractivity contribution in [2.45, 2.75) is 38.0 Å². The lowest BCUT2D eigenvalue weighted by Gasteiger charge is -2.14. The van der Waals surface area contributed by atoms with Gasteiger partial charge >= 0.3 is 6.18 Å². The number of hydrogen-bond acceptors (Lipinski definition) is 5. The van der Waals surface area contributed by atoms with Crippen molar-refractivity contribution in [1.29, 1.82) is 0 Å². The van der Waals surface area contributed by atoms with E-state index in [9.17, 15) is 13.2 Å². The first-order valence-corrected chi connectivity index (χ1v) is 7.65. The number of nitrogens with one attached hydrogen (secondary N) is 1. The molecule has 3 N–H and O–H groups in total. The smallest absolute Gasteiger partial charge is 0.421 e.